The minimum Gasteiger partial charge on any atom is -0.465 e. The molecule has 0 aliphatic heterocycles. The summed E-state index contributed by atoms with van der Waals surface area (Å²) in [4.78, 5) is 27.8. The molecular formula is C18H23N3O4. The maximum absolute atomic E-state index is 12.7. The molecule has 0 aliphatic rings. The van der Waals surface area contributed by atoms with E-state index >= 15 is 0 Å². The number of anilines is 1. The van der Waals surface area contributed by atoms with Gasteiger partial charge < -0.3 is 14.2 Å². The molecule has 1 heterocycles. The van der Waals surface area contributed by atoms with Gasteiger partial charge in [0.2, 0.25) is 5.91 Å². The van der Waals surface area contributed by atoms with Crippen LogP contribution in [0.25, 0.3) is 0 Å². The summed E-state index contributed by atoms with van der Waals surface area (Å²) >= 11 is 0. The zero-order valence-corrected chi connectivity index (χ0v) is 14.8. The summed E-state index contributed by atoms with van der Waals surface area (Å²) in [6.45, 7) is 4.33. The number of esters is 1. The minimum atomic E-state index is -0.436. The van der Waals surface area contributed by atoms with E-state index in [4.69, 9.17) is 9.26 Å². The van der Waals surface area contributed by atoms with Gasteiger partial charge in [0.15, 0.2) is 0 Å². The number of aryl methyl sites for hydroxylation is 1. The third-order valence-corrected chi connectivity index (χ3v) is 3.48. The number of carbonyl (C=O) groups is 2. The summed E-state index contributed by atoms with van der Waals surface area (Å²) in [7, 11) is 1.81. The van der Waals surface area contributed by atoms with Gasteiger partial charge in [0.25, 0.3) is 0 Å². The second-order valence-electron chi connectivity index (χ2n) is 5.72. The Hall–Kier alpha value is -2.67. The molecule has 0 saturated heterocycles. The molecule has 0 N–H and O–H groups in total. The Morgan fingerprint density at radius 2 is 1.92 bits per heavy atom. The Bertz CT molecular complexity index is 699. The minimum absolute atomic E-state index is 0.117. The number of nitrogens with zero attached hydrogens (tertiary/aromatic N) is 3. The molecule has 0 bridgehead atoms. The van der Waals surface area contributed by atoms with Crippen molar-refractivity contribution in [2.24, 2.45) is 0 Å². The lowest BCUT2D eigenvalue weighted by Gasteiger charge is -2.24. The van der Waals surface area contributed by atoms with Crippen LogP contribution in [0.3, 0.4) is 0 Å². The molecule has 1 aromatic heterocycles. The van der Waals surface area contributed by atoms with Crippen molar-refractivity contribution in [2.75, 3.05) is 31.6 Å². The van der Waals surface area contributed by atoms with Gasteiger partial charge in [0.05, 0.1) is 18.8 Å². The largest absolute Gasteiger partial charge is 0.465 e. The van der Waals surface area contributed by atoms with Gasteiger partial charge >= 0.3 is 5.97 Å². The van der Waals surface area contributed by atoms with Gasteiger partial charge in [-0.15, -0.1) is 0 Å². The number of para-hydroxylation sites is 1. The van der Waals surface area contributed by atoms with Crippen molar-refractivity contribution >= 4 is 17.6 Å². The van der Waals surface area contributed by atoms with E-state index < -0.39 is 5.97 Å². The van der Waals surface area contributed by atoms with Gasteiger partial charge in [-0.1, -0.05) is 23.4 Å². The van der Waals surface area contributed by atoms with Gasteiger partial charge in [-0.2, -0.15) is 0 Å². The topological polar surface area (TPSA) is 75.9 Å². The molecule has 0 radical (unpaired) electrons. The van der Waals surface area contributed by atoms with E-state index in [1.807, 2.05) is 43.1 Å². The molecule has 2 aromatic rings. The fraction of sp³-hybridized carbons (Fsp3) is 0.389. The van der Waals surface area contributed by atoms with Crippen LogP contribution in [0.1, 0.15) is 18.4 Å². The average molecular weight is 345 g/mol. The summed E-state index contributed by atoms with van der Waals surface area (Å²) in [6, 6.07) is 10.9. The van der Waals surface area contributed by atoms with Crippen LogP contribution in [0.15, 0.2) is 40.9 Å². The smallest absolute Gasteiger partial charge is 0.326 e. The van der Waals surface area contributed by atoms with Gasteiger partial charge in [0.1, 0.15) is 12.3 Å². The van der Waals surface area contributed by atoms with E-state index in [2.05, 4.69) is 5.16 Å². The highest BCUT2D eigenvalue weighted by Crippen LogP contribution is 2.14. The van der Waals surface area contributed by atoms with Crippen molar-refractivity contribution in [3.63, 3.8) is 0 Å². The van der Waals surface area contributed by atoms with Crippen molar-refractivity contribution in [3.05, 3.63) is 47.9 Å². The third kappa shape index (κ3) is 5.72. The molecular weight excluding hydrogens is 322 g/mol. The summed E-state index contributed by atoms with van der Waals surface area (Å²) in [5, 5.41) is 3.92. The lowest BCUT2D eigenvalue weighted by Crippen LogP contribution is -2.42. The summed E-state index contributed by atoms with van der Waals surface area (Å²) in [5.41, 5.74) is 1.41. The number of rotatable bonds is 8. The van der Waals surface area contributed by atoms with E-state index in [0.717, 1.165) is 11.5 Å². The summed E-state index contributed by atoms with van der Waals surface area (Å²) < 4.78 is 10.0. The summed E-state index contributed by atoms with van der Waals surface area (Å²) in [6.07, 6.45) is 0. The number of carbonyl (C=O) groups excluding carboxylic acids is 2. The lowest BCUT2D eigenvalue weighted by atomic mass is 10.2. The van der Waals surface area contributed by atoms with Crippen LogP contribution < -0.4 is 4.90 Å². The Morgan fingerprint density at radius 1 is 1.20 bits per heavy atom. The molecule has 0 saturated carbocycles. The second-order valence-corrected chi connectivity index (χ2v) is 5.72. The quantitative estimate of drug-likeness (QED) is 0.681. The molecule has 1 amide bonds. The van der Waals surface area contributed by atoms with Gasteiger partial charge in [-0.25, -0.2) is 0 Å². The predicted molar refractivity (Wildman–Crippen MR) is 93.0 cm³/mol. The molecule has 2 rings (SSSR count). The molecule has 7 heteroatoms. The maximum atomic E-state index is 12.7. The van der Waals surface area contributed by atoms with E-state index in [9.17, 15) is 9.59 Å². The molecule has 0 unspecified atom stereocenters. The SMILES string of the molecule is CCOC(=O)CN(C(=O)CN(C)Cc1cc(C)on1)c1ccccc1. The molecule has 0 fully saturated rings. The number of amides is 1. The van der Waals surface area contributed by atoms with E-state index in [1.165, 1.54) is 4.90 Å². The lowest BCUT2D eigenvalue weighted by molar-refractivity contribution is -0.142. The van der Waals surface area contributed by atoms with Crippen LogP contribution in [0.5, 0.6) is 0 Å². The third-order valence-electron chi connectivity index (χ3n) is 3.48. The Balaban J connectivity index is 2.04. The first-order chi connectivity index (χ1) is 12.0. The number of aromatic nitrogens is 1. The maximum Gasteiger partial charge on any atom is 0.326 e. The Morgan fingerprint density at radius 3 is 2.52 bits per heavy atom. The van der Waals surface area contributed by atoms with E-state index in [0.29, 0.717) is 12.2 Å². The second kappa shape index (κ2) is 8.98. The number of hydrogen-bond donors (Lipinski definition) is 0. The van der Waals surface area contributed by atoms with Crippen LogP contribution in [0.4, 0.5) is 5.69 Å². The molecule has 25 heavy (non-hydrogen) atoms. The predicted octanol–water partition coefficient (Wildman–Crippen LogP) is 2.01. The Kier molecular flexibility index (Phi) is 6.71. The van der Waals surface area contributed by atoms with Gasteiger partial charge in [-0.3, -0.25) is 14.5 Å². The number of likely N-dealkylation sites (N-methyl/N-ethyl adjacent to an activating group) is 1. The standard InChI is InChI=1S/C18H23N3O4/c1-4-24-18(23)13-21(16-8-6-5-7-9-16)17(22)12-20(3)11-15-10-14(2)25-19-15/h5-10H,4,11-13H2,1-3H3. The molecule has 7 nitrogen and oxygen atoms in total. The highest BCUT2D eigenvalue weighted by molar-refractivity contribution is 5.98. The van der Waals surface area contributed by atoms with Crippen LogP contribution in [0, 0.1) is 6.92 Å². The van der Waals surface area contributed by atoms with Gasteiger partial charge in [-0.05, 0) is 33.0 Å². The average Bonchev–Trinajstić information content (AvgIpc) is 2.98. The number of ether oxygens (including phenoxy) is 1. The van der Waals surface area contributed by atoms with Crippen molar-refractivity contribution in [2.45, 2.75) is 20.4 Å². The van der Waals surface area contributed by atoms with Crippen molar-refractivity contribution in [3.8, 4) is 0 Å². The van der Waals surface area contributed by atoms with E-state index in [-0.39, 0.29) is 25.6 Å². The Labute approximate surface area is 147 Å². The van der Waals surface area contributed by atoms with Crippen LogP contribution in [-0.4, -0.2) is 48.7 Å². The molecule has 1 aromatic carbocycles. The fourth-order valence-corrected chi connectivity index (χ4v) is 2.41. The van der Waals surface area contributed by atoms with Crippen molar-refractivity contribution < 1.29 is 18.8 Å². The molecule has 134 valence electrons. The molecule has 0 aliphatic carbocycles. The van der Waals surface area contributed by atoms with Crippen LogP contribution in [0.2, 0.25) is 0 Å². The van der Waals surface area contributed by atoms with Crippen LogP contribution in [-0.2, 0) is 20.9 Å². The first-order valence-corrected chi connectivity index (χ1v) is 8.11. The van der Waals surface area contributed by atoms with E-state index in [1.54, 1.807) is 19.1 Å². The number of benzene rings is 1. The normalized spacial score (nSPS) is 10.7. The zero-order valence-electron chi connectivity index (χ0n) is 14.8. The first kappa shape index (κ1) is 18.7. The first-order valence-electron chi connectivity index (χ1n) is 8.11. The van der Waals surface area contributed by atoms with Crippen molar-refractivity contribution in [1.82, 2.24) is 10.1 Å². The van der Waals surface area contributed by atoms with Gasteiger partial charge in [0, 0.05) is 18.3 Å². The molecule has 0 atom stereocenters. The van der Waals surface area contributed by atoms with Crippen molar-refractivity contribution in [1.29, 1.82) is 0 Å². The highest BCUT2D eigenvalue weighted by Gasteiger charge is 2.21. The monoisotopic (exact) mass is 345 g/mol. The molecule has 0 spiro atoms. The zero-order chi connectivity index (χ0) is 18.2. The highest BCUT2D eigenvalue weighted by atomic mass is 16.5. The fourth-order valence-electron chi connectivity index (χ4n) is 2.41. The van der Waals surface area contributed by atoms with Crippen LogP contribution >= 0.6 is 0 Å². The summed E-state index contributed by atoms with van der Waals surface area (Å²) in [5.74, 6) is 0.0967. The number of hydrogen-bond acceptors (Lipinski definition) is 6.